The third kappa shape index (κ3) is 6.25. The fourth-order valence-electron chi connectivity index (χ4n) is 1.75. The van der Waals surface area contributed by atoms with Crippen molar-refractivity contribution in [2.75, 3.05) is 32.5 Å². The first-order valence-corrected chi connectivity index (χ1v) is 6.80. The number of nitrogens with two attached hydrogens (primary N) is 1. The molecule has 0 unspecified atom stereocenters. The number of rotatable bonds is 6. The zero-order valence-corrected chi connectivity index (χ0v) is 12.5. The summed E-state index contributed by atoms with van der Waals surface area (Å²) in [5.41, 5.74) is 8.17. The van der Waals surface area contributed by atoms with Crippen LogP contribution in [0.25, 0.3) is 0 Å². The maximum atomic E-state index is 5.87. The molecule has 0 atom stereocenters. The van der Waals surface area contributed by atoms with Crippen molar-refractivity contribution < 1.29 is 0 Å². The Morgan fingerprint density at radius 1 is 1.37 bits per heavy atom. The van der Waals surface area contributed by atoms with Crippen molar-refractivity contribution in [3.8, 4) is 0 Å². The molecule has 1 rings (SSSR count). The van der Waals surface area contributed by atoms with Crippen LogP contribution in [0.15, 0.2) is 29.3 Å². The molecule has 0 aliphatic carbocycles. The molecule has 0 aliphatic heterocycles. The molecule has 106 valence electrons. The van der Waals surface area contributed by atoms with Gasteiger partial charge in [-0.2, -0.15) is 0 Å². The van der Waals surface area contributed by atoms with E-state index in [0.717, 1.165) is 25.2 Å². The number of guanidine groups is 1. The summed E-state index contributed by atoms with van der Waals surface area (Å²) in [6.45, 7) is 6.14. The first-order valence-electron chi connectivity index (χ1n) is 6.80. The lowest BCUT2D eigenvalue weighted by Crippen LogP contribution is -2.23. The smallest absolute Gasteiger partial charge is 0.193 e. The van der Waals surface area contributed by atoms with Gasteiger partial charge in [0, 0.05) is 12.2 Å². The SMILES string of the molecule is CC(C)c1cccc(NC(N)=NCCCN(C)C)c1. The average molecular weight is 262 g/mol. The van der Waals surface area contributed by atoms with Gasteiger partial charge in [-0.25, -0.2) is 0 Å². The Morgan fingerprint density at radius 3 is 2.74 bits per heavy atom. The molecular weight excluding hydrogens is 236 g/mol. The normalized spacial score (nSPS) is 12.2. The molecule has 0 aliphatic rings. The van der Waals surface area contributed by atoms with Gasteiger partial charge in [0.05, 0.1) is 0 Å². The van der Waals surface area contributed by atoms with Crippen molar-refractivity contribution in [1.82, 2.24) is 4.90 Å². The van der Waals surface area contributed by atoms with Crippen LogP contribution in [0.5, 0.6) is 0 Å². The zero-order chi connectivity index (χ0) is 14.3. The summed E-state index contributed by atoms with van der Waals surface area (Å²) >= 11 is 0. The Kier molecular flexibility index (Phi) is 6.36. The second kappa shape index (κ2) is 7.79. The molecule has 19 heavy (non-hydrogen) atoms. The molecule has 3 N–H and O–H groups in total. The number of nitrogens with zero attached hydrogens (tertiary/aromatic N) is 2. The van der Waals surface area contributed by atoms with E-state index in [1.54, 1.807) is 0 Å². The van der Waals surface area contributed by atoms with Gasteiger partial charge >= 0.3 is 0 Å². The minimum Gasteiger partial charge on any atom is -0.370 e. The van der Waals surface area contributed by atoms with Crippen LogP contribution in [0.4, 0.5) is 5.69 Å². The van der Waals surface area contributed by atoms with Crippen molar-refractivity contribution in [3.05, 3.63) is 29.8 Å². The van der Waals surface area contributed by atoms with Gasteiger partial charge in [0.15, 0.2) is 5.96 Å². The number of nitrogens with one attached hydrogen (secondary N) is 1. The van der Waals surface area contributed by atoms with Gasteiger partial charge < -0.3 is 16.0 Å². The van der Waals surface area contributed by atoms with Crippen LogP contribution in [-0.4, -0.2) is 38.0 Å². The molecule has 1 aromatic carbocycles. The summed E-state index contributed by atoms with van der Waals surface area (Å²) in [5, 5.41) is 3.14. The molecule has 0 radical (unpaired) electrons. The summed E-state index contributed by atoms with van der Waals surface area (Å²) in [7, 11) is 4.12. The Balaban J connectivity index is 2.49. The number of benzene rings is 1. The van der Waals surface area contributed by atoms with Crippen molar-refractivity contribution in [1.29, 1.82) is 0 Å². The standard InChI is InChI=1S/C15H26N4/c1-12(2)13-7-5-8-14(11-13)18-15(16)17-9-6-10-19(3)4/h5,7-8,11-12H,6,9-10H2,1-4H3,(H3,16,17,18). The quantitative estimate of drug-likeness (QED) is 0.470. The van der Waals surface area contributed by atoms with Crippen molar-refractivity contribution >= 4 is 11.6 Å². The second-order valence-corrected chi connectivity index (χ2v) is 5.33. The minimum atomic E-state index is 0.486. The van der Waals surface area contributed by atoms with Crippen molar-refractivity contribution in [3.63, 3.8) is 0 Å². The van der Waals surface area contributed by atoms with E-state index in [-0.39, 0.29) is 0 Å². The third-order valence-electron chi connectivity index (χ3n) is 2.87. The first kappa shape index (κ1) is 15.5. The van der Waals surface area contributed by atoms with Crippen molar-refractivity contribution in [2.45, 2.75) is 26.2 Å². The maximum Gasteiger partial charge on any atom is 0.193 e. The van der Waals surface area contributed by atoms with E-state index in [0.29, 0.717) is 11.9 Å². The lowest BCUT2D eigenvalue weighted by atomic mass is 10.0. The Bertz CT molecular complexity index is 410. The minimum absolute atomic E-state index is 0.486. The predicted octanol–water partition coefficient (Wildman–Crippen LogP) is 2.49. The highest BCUT2D eigenvalue weighted by atomic mass is 15.1. The summed E-state index contributed by atoms with van der Waals surface area (Å²) in [5.74, 6) is 1.000. The average Bonchev–Trinajstić information content (AvgIpc) is 2.34. The third-order valence-corrected chi connectivity index (χ3v) is 2.87. The highest BCUT2D eigenvalue weighted by molar-refractivity contribution is 5.92. The lowest BCUT2D eigenvalue weighted by Gasteiger charge is -2.10. The van der Waals surface area contributed by atoms with Crippen LogP contribution < -0.4 is 11.1 Å². The zero-order valence-electron chi connectivity index (χ0n) is 12.5. The van der Waals surface area contributed by atoms with Crippen LogP contribution in [0.3, 0.4) is 0 Å². The molecule has 0 heterocycles. The summed E-state index contributed by atoms with van der Waals surface area (Å²) in [4.78, 5) is 6.47. The molecule has 0 bridgehead atoms. The van der Waals surface area contributed by atoms with E-state index in [4.69, 9.17) is 5.73 Å². The van der Waals surface area contributed by atoms with Crippen LogP contribution in [0.2, 0.25) is 0 Å². The maximum absolute atomic E-state index is 5.87. The van der Waals surface area contributed by atoms with Crippen LogP contribution >= 0.6 is 0 Å². The summed E-state index contributed by atoms with van der Waals surface area (Å²) < 4.78 is 0. The fourth-order valence-corrected chi connectivity index (χ4v) is 1.75. The Labute approximate surface area is 116 Å². The monoisotopic (exact) mass is 262 g/mol. The first-order chi connectivity index (χ1) is 8.99. The molecular formula is C15H26N4. The van der Waals surface area contributed by atoms with E-state index in [1.165, 1.54) is 5.56 Å². The van der Waals surface area contributed by atoms with E-state index in [2.05, 4.69) is 55.3 Å². The molecule has 4 heteroatoms. The van der Waals surface area contributed by atoms with Crippen molar-refractivity contribution in [2.24, 2.45) is 10.7 Å². The highest BCUT2D eigenvalue weighted by Gasteiger charge is 2.01. The second-order valence-electron chi connectivity index (χ2n) is 5.33. The van der Waals surface area contributed by atoms with Crippen LogP contribution in [0, 0.1) is 0 Å². The highest BCUT2D eigenvalue weighted by Crippen LogP contribution is 2.18. The van der Waals surface area contributed by atoms with E-state index >= 15 is 0 Å². The van der Waals surface area contributed by atoms with Crippen LogP contribution in [0.1, 0.15) is 31.7 Å². The van der Waals surface area contributed by atoms with Gasteiger partial charge in [0.1, 0.15) is 0 Å². The van der Waals surface area contributed by atoms with Gasteiger partial charge in [-0.1, -0.05) is 26.0 Å². The topological polar surface area (TPSA) is 53.6 Å². The molecule has 0 spiro atoms. The molecule has 1 aromatic rings. The lowest BCUT2D eigenvalue weighted by molar-refractivity contribution is 0.403. The number of aliphatic imine (C=N–C) groups is 1. The number of hydrogen-bond acceptors (Lipinski definition) is 2. The number of hydrogen-bond donors (Lipinski definition) is 2. The largest absolute Gasteiger partial charge is 0.370 e. The molecule has 0 saturated carbocycles. The number of anilines is 1. The van der Waals surface area contributed by atoms with E-state index in [9.17, 15) is 0 Å². The predicted molar refractivity (Wildman–Crippen MR) is 83.8 cm³/mol. The molecule has 0 amide bonds. The van der Waals surface area contributed by atoms with Crippen LogP contribution in [-0.2, 0) is 0 Å². The Morgan fingerprint density at radius 2 is 2.11 bits per heavy atom. The van der Waals surface area contributed by atoms with Gasteiger partial charge in [-0.3, -0.25) is 4.99 Å². The van der Waals surface area contributed by atoms with Gasteiger partial charge in [-0.15, -0.1) is 0 Å². The fraction of sp³-hybridized carbons (Fsp3) is 0.533. The molecule has 4 nitrogen and oxygen atoms in total. The van der Waals surface area contributed by atoms with Gasteiger partial charge in [0.25, 0.3) is 0 Å². The molecule has 0 saturated heterocycles. The summed E-state index contributed by atoms with van der Waals surface area (Å²) in [6, 6.07) is 8.29. The molecule has 0 aromatic heterocycles. The van der Waals surface area contributed by atoms with Gasteiger partial charge in [-0.05, 0) is 50.7 Å². The summed E-state index contributed by atoms with van der Waals surface area (Å²) in [6.07, 6.45) is 1.02. The van der Waals surface area contributed by atoms with E-state index < -0.39 is 0 Å². The Hall–Kier alpha value is -1.55. The van der Waals surface area contributed by atoms with Gasteiger partial charge in [0.2, 0.25) is 0 Å². The molecule has 0 fully saturated rings. The van der Waals surface area contributed by atoms with E-state index in [1.807, 2.05) is 12.1 Å².